The van der Waals surface area contributed by atoms with Crippen LogP contribution in [0.3, 0.4) is 0 Å². The van der Waals surface area contributed by atoms with Gasteiger partial charge >= 0.3 is 0 Å². The summed E-state index contributed by atoms with van der Waals surface area (Å²) in [6, 6.07) is 10.7. The third-order valence-corrected chi connectivity index (χ3v) is 4.30. The molecule has 0 fully saturated rings. The number of carbonyl (C=O) groups is 2. The van der Waals surface area contributed by atoms with Crippen LogP contribution in [0.1, 0.15) is 24.8 Å². The van der Waals surface area contributed by atoms with Crippen molar-refractivity contribution in [1.82, 2.24) is 0 Å². The Kier molecular flexibility index (Phi) is 7.52. The van der Waals surface area contributed by atoms with Crippen LogP contribution >= 0.6 is 12.4 Å². The number of nitrogens with two attached hydrogens (primary N) is 1. The quantitative estimate of drug-likeness (QED) is 0.484. The number of methoxy groups -OCH3 is 1. The molecule has 3 rings (SSSR count). The summed E-state index contributed by atoms with van der Waals surface area (Å²) in [5, 5.41) is 5.65. The SMILES string of the molecule is COc1ccc(NC(=O)CCCOc2ccc3c(c2)CCC(=O)N3)cc1N.Cl. The second-order valence-electron chi connectivity index (χ2n) is 6.32. The van der Waals surface area contributed by atoms with Crippen molar-refractivity contribution in [3.05, 3.63) is 42.0 Å². The summed E-state index contributed by atoms with van der Waals surface area (Å²) < 4.78 is 10.8. The molecule has 1 heterocycles. The van der Waals surface area contributed by atoms with Gasteiger partial charge in [-0.05, 0) is 54.8 Å². The van der Waals surface area contributed by atoms with Crippen LogP contribution in [0.4, 0.5) is 17.1 Å². The molecule has 0 aromatic heterocycles. The van der Waals surface area contributed by atoms with Crippen molar-refractivity contribution in [3.63, 3.8) is 0 Å². The molecule has 1 aliphatic rings. The van der Waals surface area contributed by atoms with Gasteiger partial charge in [0.05, 0.1) is 19.4 Å². The van der Waals surface area contributed by atoms with E-state index < -0.39 is 0 Å². The fourth-order valence-electron chi connectivity index (χ4n) is 2.91. The summed E-state index contributed by atoms with van der Waals surface area (Å²) in [5.41, 5.74) is 8.86. The summed E-state index contributed by atoms with van der Waals surface area (Å²) in [5.74, 6) is 1.26. The monoisotopic (exact) mass is 405 g/mol. The number of aryl methyl sites for hydroxylation is 1. The van der Waals surface area contributed by atoms with Crippen molar-refractivity contribution in [2.45, 2.75) is 25.7 Å². The molecule has 1 aliphatic heterocycles. The van der Waals surface area contributed by atoms with Crippen LogP contribution in [0, 0.1) is 0 Å². The van der Waals surface area contributed by atoms with Gasteiger partial charge in [-0.2, -0.15) is 0 Å². The summed E-state index contributed by atoms with van der Waals surface area (Å²) in [6.45, 7) is 0.434. The van der Waals surface area contributed by atoms with Gasteiger partial charge in [0, 0.05) is 24.2 Å². The lowest BCUT2D eigenvalue weighted by atomic mass is 10.0. The van der Waals surface area contributed by atoms with E-state index in [1.807, 2.05) is 18.2 Å². The highest BCUT2D eigenvalue weighted by Crippen LogP contribution is 2.27. The molecule has 8 heteroatoms. The normalized spacial score (nSPS) is 12.2. The second kappa shape index (κ2) is 9.85. The van der Waals surface area contributed by atoms with E-state index in [1.165, 1.54) is 0 Å². The molecule has 150 valence electrons. The molecule has 2 aromatic rings. The van der Waals surface area contributed by atoms with Gasteiger partial charge in [-0.25, -0.2) is 0 Å². The number of nitrogens with one attached hydrogen (secondary N) is 2. The Morgan fingerprint density at radius 3 is 2.79 bits per heavy atom. The fourth-order valence-corrected chi connectivity index (χ4v) is 2.91. The van der Waals surface area contributed by atoms with Crippen LogP contribution in [0.5, 0.6) is 11.5 Å². The van der Waals surface area contributed by atoms with E-state index in [0.29, 0.717) is 49.4 Å². The van der Waals surface area contributed by atoms with Crippen LogP contribution < -0.4 is 25.8 Å². The smallest absolute Gasteiger partial charge is 0.224 e. The maximum absolute atomic E-state index is 12.0. The number of amides is 2. The number of fused-ring (bicyclic) bond motifs is 1. The zero-order chi connectivity index (χ0) is 19.2. The standard InChI is InChI=1S/C20H23N3O4.ClH/c1-26-18-8-5-14(12-16(18)21)22-19(24)3-2-10-27-15-6-7-17-13(11-15)4-9-20(25)23-17;/h5-8,11-12H,2-4,9-10,21H2,1H3,(H,22,24)(H,23,25);1H. The molecular formula is C20H24ClN3O4. The molecule has 0 radical (unpaired) electrons. The Labute approximate surface area is 170 Å². The minimum absolute atomic E-state index is 0. The van der Waals surface area contributed by atoms with Gasteiger partial charge in [-0.1, -0.05) is 0 Å². The maximum atomic E-state index is 12.0. The fraction of sp³-hybridized carbons (Fsp3) is 0.300. The van der Waals surface area contributed by atoms with Crippen LogP contribution in [-0.2, 0) is 16.0 Å². The molecular weight excluding hydrogens is 382 g/mol. The highest BCUT2D eigenvalue weighted by molar-refractivity contribution is 5.94. The minimum Gasteiger partial charge on any atom is -0.495 e. The number of rotatable bonds is 7. The maximum Gasteiger partial charge on any atom is 0.224 e. The summed E-state index contributed by atoms with van der Waals surface area (Å²) in [6.07, 6.45) is 2.14. The average Bonchev–Trinajstić information content (AvgIpc) is 2.65. The molecule has 2 aromatic carbocycles. The highest BCUT2D eigenvalue weighted by atomic mass is 35.5. The first-order valence-electron chi connectivity index (χ1n) is 8.84. The summed E-state index contributed by atoms with van der Waals surface area (Å²) in [4.78, 5) is 23.4. The lowest BCUT2D eigenvalue weighted by Crippen LogP contribution is -2.18. The van der Waals surface area contributed by atoms with Crippen LogP contribution in [0.25, 0.3) is 0 Å². The van der Waals surface area contributed by atoms with Gasteiger partial charge in [0.25, 0.3) is 0 Å². The Hall–Kier alpha value is -2.93. The third kappa shape index (κ3) is 5.53. The van der Waals surface area contributed by atoms with Crippen molar-refractivity contribution in [2.24, 2.45) is 0 Å². The first kappa shape index (κ1) is 21.4. The Morgan fingerprint density at radius 2 is 2.04 bits per heavy atom. The number of anilines is 3. The van der Waals surface area contributed by atoms with E-state index in [-0.39, 0.29) is 24.2 Å². The topological polar surface area (TPSA) is 103 Å². The molecule has 0 bridgehead atoms. The van der Waals surface area contributed by atoms with E-state index in [0.717, 1.165) is 17.0 Å². The van der Waals surface area contributed by atoms with Crippen molar-refractivity contribution >= 4 is 41.3 Å². The molecule has 0 atom stereocenters. The van der Waals surface area contributed by atoms with E-state index >= 15 is 0 Å². The van der Waals surface area contributed by atoms with Gasteiger partial charge in [-0.3, -0.25) is 9.59 Å². The van der Waals surface area contributed by atoms with Crippen molar-refractivity contribution in [2.75, 3.05) is 30.1 Å². The van der Waals surface area contributed by atoms with Crippen LogP contribution in [-0.4, -0.2) is 25.5 Å². The first-order valence-corrected chi connectivity index (χ1v) is 8.84. The lowest BCUT2D eigenvalue weighted by Gasteiger charge is -2.17. The van der Waals surface area contributed by atoms with E-state index in [1.54, 1.807) is 25.3 Å². The van der Waals surface area contributed by atoms with Crippen molar-refractivity contribution < 1.29 is 19.1 Å². The number of hydrogen-bond donors (Lipinski definition) is 3. The molecule has 2 amide bonds. The predicted octanol–water partition coefficient (Wildman–Crippen LogP) is 3.38. The molecule has 0 saturated heterocycles. The Bertz CT molecular complexity index is 857. The molecule has 0 aliphatic carbocycles. The van der Waals surface area contributed by atoms with E-state index in [9.17, 15) is 9.59 Å². The molecule has 0 unspecified atom stereocenters. The number of halogens is 1. The minimum atomic E-state index is -0.101. The summed E-state index contributed by atoms with van der Waals surface area (Å²) in [7, 11) is 1.54. The van der Waals surface area contributed by atoms with Crippen molar-refractivity contribution in [3.8, 4) is 11.5 Å². The summed E-state index contributed by atoms with van der Waals surface area (Å²) >= 11 is 0. The number of carbonyl (C=O) groups excluding carboxylic acids is 2. The Balaban J connectivity index is 0.00000280. The molecule has 7 nitrogen and oxygen atoms in total. The van der Waals surface area contributed by atoms with Crippen LogP contribution in [0.2, 0.25) is 0 Å². The zero-order valence-corrected chi connectivity index (χ0v) is 16.4. The average molecular weight is 406 g/mol. The first-order chi connectivity index (χ1) is 13.0. The Morgan fingerprint density at radius 1 is 1.21 bits per heavy atom. The molecule has 28 heavy (non-hydrogen) atoms. The van der Waals surface area contributed by atoms with Gasteiger partial charge < -0.3 is 25.8 Å². The van der Waals surface area contributed by atoms with Gasteiger partial charge in [-0.15, -0.1) is 12.4 Å². The van der Waals surface area contributed by atoms with Crippen LogP contribution in [0.15, 0.2) is 36.4 Å². The molecule has 4 N–H and O–H groups in total. The highest BCUT2D eigenvalue weighted by Gasteiger charge is 2.15. The third-order valence-electron chi connectivity index (χ3n) is 4.30. The molecule has 0 spiro atoms. The predicted molar refractivity (Wildman–Crippen MR) is 111 cm³/mol. The number of hydrogen-bond acceptors (Lipinski definition) is 5. The zero-order valence-electron chi connectivity index (χ0n) is 15.6. The van der Waals surface area contributed by atoms with E-state index in [2.05, 4.69) is 10.6 Å². The number of benzene rings is 2. The number of nitrogen functional groups attached to an aromatic ring is 1. The van der Waals surface area contributed by atoms with E-state index in [4.69, 9.17) is 15.2 Å². The largest absolute Gasteiger partial charge is 0.495 e. The van der Waals surface area contributed by atoms with Gasteiger partial charge in [0.15, 0.2) is 0 Å². The van der Waals surface area contributed by atoms with Gasteiger partial charge in [0.1, 0.15) is 11.5 Å². The second-order valence-corrected chi connectivity index (χ2v) is 6.32. The number of ether oxygens (including phenoxy) is 2. The van der Waals surface area contributed by atoms with Gasteiger partial charge in [0.2, 0.25) is 11.8 Å². The van der Waals surface area contributed by atoms with Crippen molar-refractivity contribution in [1.29, 1.82) is 0 Å². The lowest BCUT2D eigenvalue weighted by molar-refractivity contribution is -0.117. The molecule has 0 saturated carbocycles.